The molecular weight excluding hydrogens is 262 g/mol. The fourth-order valence-electron chi connectivity index (χ4n) is 3.00. The van der Waals surface area contributed by atoms with Crippen molar-refractivity contribution in [2.75, 3.05) is 13.1 Å². The van der Waals surface area contributed by atoms with Crippen LogP contribution in [0.5, 0.6) is 0 Å². The zero-order valence-electron chi connectivity index (χ0n) is 12.1. The molecule has 21 heavy (non-hydrogen) atoms. The van der Waals surface area contributed by atoms with E-state index >= 15 is 0 Å². The molecule has 1 heterocycles. The molecule has 0 bridgehead atoms. The lowest BCUT2D eigenvalue weighted by molar-refractivity contribution is -0.148. The summed E-state index contributed by atoms with van der Waals surface area (Å²) < 4.78 is 0. The lowest BCUT2D eigenvalue weighted by Gasteiger charge is -2.43. The molecule has 0 radical (unpaired) electrons. The number of carbonyl (C=O) groups is 1. The van der Waals surface area contributed by atoms with E-state index in [2.05, 4.69) is 36.1 Å². The number of aryl methyl sites for hydroxylation is 1. The van der Waals surface area contributed by atoms with Gasteiger partial charge in [-0.1, -0.05) is 54.6 Å². The van der Waals surface area contributed by atoms with E-state index in [4.69, 9.17) is 5.11 Å². The largest absolute Gasteiger partial charge is 0.481 e. The maximum atomic E-state index is 11.1. The zero-order valence-corrected chi connectivity index (χ0v) is 12.1. The summed E-state index contributed by atoms with van der Waals surface area (Å²) in [6.07, 6.45) is 0. The van der Waals surface area contributed by atoms with E-state index in [0.29, 0.717) is 13.1 Å². The monoisotopic (exact) mass is 281 g/mol. The first-order valence-corrected chi connectivity index (χ1v) is 7.24. The highest BCUT2D eigenvalue weighted by Gasteiger charge is 2.38. The van der Waals surface area contributed by atoms with Gasteiger partial charge in [0.15, 0.2) is 0 Å². The highest BCUT2D eigenvalue weighted by Crippen LogP contribution is 2.35. The number of benzene rings is 2. The van der Waals surface area contributed by atoms with Gasteiger partial charge in [-0.05, 0) is 23.6 Å². The summed E-state index contributed by atoms with van der Waals surface area (Å²) in [5.41, 5.74) is 3.72. The number of hydrogen-bond donors (Lipinski definition) is 1. The van der Waals surface area contributed by atoms with Crippen molar-refractivity contribution in [3.63, 3.8) is 0 Å². The van der Waals surface area contributed by atoms with Gasteiger partial charge in [0.1, 0.15) is 0 Å². The molecule has 1 saturated heterocycles. The van der Waals surface area contributed by atoms with Crippen LogP contribution in [0.15, 0.2) is 54.6 Å². The van der Waals surface area contributed by atoms with Gasteiger partial charge in [-0.3, -0.25) is 9.69 Å². The minimum absolute atomic E-state index is 0.142. The van der Waals surface area contributed by atoms with Crippen molar-refractivity contribution in [2.24, 2.45) is 5.92 Å². The average molecular weight is 281 g/mol. The van der Waals surface area contributed by atoms with Crippen molar-refractivity contribution >= 4 is 5.97 Å². The topological polar surface area (TPSA) is 40.5 Å². The van der Waals surface area contributed by atoms with Crippen molar-refractivity contribution in [1.29, 1.82) is 0 Å². The molecule has 1 N–H and O–H groups in total. The van der Waals surface area contributed by atoms with Crippen LogP contribution in [0.3, 0.4) is 0 Å². The molecule has 1 aliphatic heterocycles. The van der Waals surface area contributed by atoms with Crippen LogP contribution in [-0.4, -0.2) is 29.1 Å². The Labute approximate surface area is 124 Å². The quantitative estimate of drug-likeness (QED) is 0.936. The minimum Gasteiger partial charge on any atom is -0.481 e. The maximum Gasteiger partial charge on any atom is 0.309 e. The molecule has 0 aliphatic carbocycles. The van der Waals surface area contributed by atoms with Gasteiger partial charge in [0.2, 0.25) is 0 Å². The first-order chi connectivity index (χ1) is 10.2. The summed E-state index contributed by atoms with van der Waals surface area (Å²) in [6, 6.07) is 18.8. The lowest BCUT2D eigenvalue weighted by atomic mass is 9.88. The molecule has 1 atom stereocenters. The smallest absolute Gasteiger partial charge is 0.309 e. The number of aliphatic carboxylic acids is 1. The van der Waals surface area contributed by atoms with Crippen LogP contribution in [-0.2, 0) is 4.79 Å². The molecule has 3 rings (SSSR count). The summed E-state index contributed by atoms with van der Waals surface area (Å²) in [5.74, 6) is -0.928. The number of carboxylic acid groups (broad SMARTS) is 1. The van der Waals surface area contributed by atoms with E-state index in [1.807, 2.05) is 30.3 Å². The van der Waals surface area contributed by atoms with E-state index < -0.39 is 5.97 Å². The average Bonchev–Trinajstić information content (AvgIpc) is 2.44. The van der Waals surface area contributed by atoms with Gasteiger partial charge in [-0.2, -0.15) is 0 Å². The summed E-state index contributed by atoms with van der Waals surface area (Å²) in [5, 5.41) is 9.10. The number of hydrogen-bond acceptors (Lipinski definition) is 2. The third kappa shape index (κ3) is 2.69. The molecule has 1 aliphatic rings. The summed E-state index contributed by atoms with van der Waals surface area (Å²) in [6.45, 7) is 3.34. The molecule has 1 unspecified atom stereocenters. The third-order valence-electron chi connectivity index (χ3n) is 4.22. The minimum atomic E-state index is -0.692. The van der Waals surface area contributed by atoms with Gasteiger partial charge >= 0.3 is 5.97 Å². The predicted molar refractivity (Wildman–Crippen MR) is 82.2 cm³/mol. The molecule has 2 aromatic carbocycles. The van der Waals surface area contributed by atoms with Gasteiger partial charge in [0, 0.05) is 13.1 Å². The third-order valence-corrected chi connectivity index (χ3v) is 4.22. The zero-order chi connectivity index (χ0) is 14.8. The Morgan fingerprint density at radius 1 is 1.10 bits per heavy atom. The van der Waals surface area contributed by atoms with Crippen molar-refractivity contribution in [1.82, 2.24) is 4.90 Å². The number of nitrogens with zero attached hydrogens (tertiary/aromatic N) is 1. The number of rotatable bonds is 4. The van der Waals surface area contributed by atoms with Crippen LogP contribution >= 0.6 is 0 Å². The van der Waals surface area contributed by atoms with Gasteiger partial charge in [0.25, 0.3) is 0 Å². The molecule has 0 aromatic heterocycles. The Morgan fingerprint density at radius 2 is 1.71 bits per heavy atom. The molecule has 0 spiro atoms. The second kappa shape index (κ2) is 5.70. The Hall–Kier alpha value is -2.13. The second-order valence-corrected chi connectivity index (χ2v) is 5.66. The van der Waals surface area contributed by atoms with Crippen LogP contribution in [0.25, 0.3) is 0 Å². The number of likely N-dealkylation sites (tertiary alicyclic amines) is 1. The van der Waals surface area contributed by atoms with Gasteiger partial charge < -0.3 is 5.11 Å². The van der Waals surface area contributed by atoms with Crippen LogP contribution in [0, 0.1) is 12.8 Å². The Morgan fingerprint density at radius 3 is 2.33 bits per heavy atom. The summed E-state index contributed by atoms with van der Waals surface area (Å²) >= 11 is 0. The second-order valence-electron chi connectivity index (χ2n) is 5.66. The molecule has 1 fully saturated rings. The molecule has 3 heteroatoms. The fourth-order valence-corrected chi connectivity index (χ4v) is 3.00. The molecule has 0 amide bonds. The van der Waals surface area contributed by atoms with Crippen LogP contribution in [0.1, 0.15) is 22.7 Å². The van der Waals surface area contributed by atoms with Crippen LogP contribution in [0.4, 0.5) is 0 Å². The Kier molecular flexibility index (Phi) is 3.76. The van der Waals surface area contributed by atoms with Gasteiger partial charge in [-0.25, -0.2) is 0 Å². The number of carboxylic acids is 1. The molecule has 2 aromatic rings. The molecular formula is C18H19NO2. The normalized spacial score (nSPS) is 17.2. The molecule has 108 valence electrons. The van der Waals surface area contributed by atoms with E-state index in [1.165, 1.54) is 16.7 Å². The molecule has 0 saturated carbocycles. The highest BCUT2D eigenvalue weighted by molar-refractivity contribution is 5.71. The van der Waals surface area contributed by atoms with Crippen molar-refractivity contribution in [2.45, 2.75) is 13.0 Å². The first kappa shape index (κ1) is 13.8. The van der Waals surface area contributed by atoms with E-state index in [0.717, 1.165) is 0 Å². The Bertz CT molecular complexity index is 633. The van der Waals surface area contributed by atoms with Crippen molar-refractivity contribution in [3.05, 3.63) is 71.3 Å². The SMILES string of the molecule is Cc1ccccc1C(c1ccccc1)N1CC(C(=O)O)C1. The predicted octanol–water partition coefficient (Wildman–Crippen LogP) is 3.10. The fraction of sp³-hybridized carbons (Fsp3) is 0.278. The standard InChI is InChI=1S/C18H19NO2/c1-13-7-5-6-10-16(13)17(14-8-3-2-4-9-14)19-11-15(12-19)18(20)21/h2-10,15,17H,11-12H2,1H3,(H,20,21). The van der Waals surface area contributed by atoms with Crippen molar-refractivity contribution < 1.29 is 9.90 Å². The maximum absolute atomic E-state index is 11.1. The summed E-state index contributed by atoms with van der Waals surface area (Å²) in [7, 11) is 0. The Balaban J connectivity index is 1.94. The lowest BCUT2D eigenvalue weighted by Crippen LogP contribution is -2.52. The first-order valence-electron chi connectivity index (χ1n) is 7.24. The van der Waals surface area contributed by atoms with Gasteiger partial charge in [-0.15, -0.1) is 0 Å². The van der Waals surface area contributed by atoms with E-state index in [9.17, 15) is 4.79 Å². The summed E-state index contributed by atoms with van der Waals surface area (Å²) in [4.78, 5) is 13.3. The van der Waals surface area contributed by atoms with Crippen molar-refractivity contribution in [3.8, 4) is 0 Å². The van der Waals surface area contributed by atoms with E-state index in [-0.39, 0.29) is 12.0 Å². The van der Waals surface area contributed by atoms with E-state index in [1.54, 1.807) is 0 Å². The van der Waals surface area contributed by atoms with Crippen LogP contribution in [0.2, 0.25) is 0 Å². The molecule has 3 nitrogen and oxygen atoms in total. The highest BCUT2D eigenvalue weighted by atomic mass is 16.4. The van der Waals surface area contributed by atoms with Crippen LogP contribution < -0.4 is 0 Å². The van der Waals surface area contributed by atoms with Gasteiger partial charge in [0.05, 0.1) is 12.0 Å².